The molecule has 0 unspecified atom stereocenters. The highest BCUT2D eigenvalue weighted by molar-refractivity contribution is 6.29. The maximum Gasteiger partial charge on any atom is 0.416 e. The van der Waals surface area contributed by atoms with Gasteiger partial charge in [-0.25, -0.2) is 4.98 Å². The minimum absolute atomic E-state index is 0.0553. The van der Waals surface area contributed by atoms with Crippen molar-refractivity contribution in [2.24, 2.45) is 0 Å². The molecule has 1 N–H and O–H groups in total. The molecule has 1 aromatic heterocycles. The van der Waals surface area contributed by atoms with Gasteiger partial charge in [0.2, 0.25) is 0 Å². The number of rotatable bonds is 2. The predicted molar refractivity (Wildman–Crippen MR) is 68.6 cm³/mol. The van der Waals surface area contributed by atoms with Crippen molar-refractivity contribution in [2.45, 2.75) is 6.18 Å². The summed E-state index contributed by atoms with van der Waals surface area (Å²) in [5.41, 5.74) is -0.573. The molecule has 0 saturated carbocycles. The van der Waals surface area contributed by atoms with E-state index in [1.807, 2.05) is 0 Å². The van der Waals surface area contributed by atoms with Gasteiger partial charge < -0.3 is 5.32 Å². The van der Waals surface area contributed by atoms with E-state index in [0.717, 1.165) is 12.1 Å². The molecule has 0 radical (unpaired) electrons. The first-order valence-corrected chi connectivity index (χ1v) is 5.84. The molecule has 1 heterocycles. The number of alkyl halides is 3. The number of hydrogen-bond donors (Lipinski definition) is 1. The van der Waals surface area contributed by atoms with Crippen LogP contribution in [0.2, 0.25) is 5.15 Å². The van der Waals surface area contributed by atoms with Gasteiger partial charge in [0.25, 0.3) is 5.91 Å². The SMILES string of the molecule is O=C(Nc1cccc(C(F)(F)F)c1)c1ccc(Cl)nc1. The van der Waals surface area contributed by atoms with Crippen molar-refractivity contribution in [1.29, 1.82) is 0 Å². The molecule has 2 aromatic rings. The van der Waals surface area contributed by atoms with Gasteiger partial charge in [-0.2, -0.15) is 13.2 Å². The van der Waals surface area contributed by atoms with Gasteiger partial charge in [0.15, 0.2) is 0 Å². The third-order valence-corrected chi connectivity index (χ3v) is 2.66. The molecule has 0 fully saturated rings. The highest BCUT2D eigenvalue weighted by atomic mass is 35.5. The van der Waals surface area contributed by atoms with Gasteiger partial charge >= 0.3 is 6.18 Å². The van der Waals surface area contributed by atoms with Gasteiger partial charge in [-0.3, -0.25) is 4.79 Å². The van der Waals surface area contributed by atoms with Crippen molar-refractivity contribution >= 4 is 23.2 Å². The second kappa shape index (κ2) is 5.50. The van der Waals surface area contributed by atoms with Gasteiger partial charge in [0.05, 0.1) is 11.1 Å². The molecular formula is C13H8ClF3N2O. The minimum atomic E-state index is -4.46. The van der Waals surface area contributed by atoms with Crippen LogP contribution in [-0.4, -0.2) is 10.9 Å². The Hall–Kier alpha value is -2.08. The van der Waals surface area contributed by atoms with E-state index in [-0.39, 0.29) is 16.4 Å². The van der Waals surface area contributed by atoms with E-state index in [4.69, 9.17) is 11.6 Å². The third kappa shape index (κ3) is 3.48. The molecule has 0 spiro atoms. The standard InChI is InChI=1S/C13H8ClF3N2O/c14-11-5-4-8(7-18-11)12(20)19-10-3-1-2-9(6-10)13(15,16)17/h1-7H,(H,19,20). The summed E-state index contributed by atoms with van der Waals surface area (Å²) < 4.78 is 37.6. The fraction of sp³-hybridized carbons (Fsp3) is 0.0769. The number of aromatic nitrogens is 1. The van der Waals surface area contributed by atoms with Crippen LogP contribution in [0.4, 0.5) is 18.9 Å². The highest BCUT2D eigenvalue weighted by Gasteiger charge is 2.30. The number of carbonyl (C=O) groups is 1. The lowest BCUT2D eigenvalue weighted by Crippen LogP contribution is -2.13. The molecule has 104 valence electrons. The van der Waals surface area contributed by atoms with Crippen molar-refractivity contribution < 1.29 is 18.0 Å². The number of nitrogens with zero attached hydrogens (tertiary/aromatic N) is 1. The summed E-state index contributed by atoms with van der Waals surface area (Å²) in [4.78, 5) is 15.5. The number of hydrogen-bond acceptors (Lipinski definition) is 2. The number of halogens is 4. The number of nitrogens with one attached hydrogen (secondary N) is 1. The van der Waals surface area contributed by atoms with Gasteiger partial charge in [-0.1, -0.05) is 17.7 Å². The molecule has 0 saturated heterocycles. The Morgan fingerprint density at radius 3 is 2.55 bits per heavy atom. The van der Waals surface area contributed by atoms with Gasteiger partial charge in [0.1, 0.15) is 5.15 Å². The molecule has 7 heteroatoms. The van der Waals surface area contributed by atoms with Gasteiger partial charge in [-0.05, 0) is 30.3 Å². The largest absolute Gasteiger partial charge is 0.416 e. The fourth-order valence-corrected chi connectivity index (χ4v) is 1.60. The van der Waals surface area contributed by atoms with Crippen LogP contribution < -0.4 is 5.32 Å². The van der Waals surface area contributed by atoms with Gasteiger partial charge in [0, 0.05) is 11.9 Å². The second-order valence-electron chi connectivity index (χ2n) is 3.90. The molecule has 1 amide bonds. The van der Waals surface area contributed by atoms with E-state index in [2.05, 4.69) is 10.3 Å². The van der Waals surface area contributed by atoms with E-state index < -0.39 is 17.6 Å². The lowest BCUT2D eigenvalue weighted by Gasteiger charge is -2.09. The Morgan fingerprint density at radius 1 is 1.20 bits per heavy atom. The zero-order valence-electron chi connectivity index (χ0n) is 9.91. The van der Waals surface area contributed by atoms with E-state index in [1.165, 1.54) is 30.5 Å². The smallest absolute Gasteiger partial charge is 0.322 e. The fourth-order valence-electron chi connectivity index (χ4n) is 1.49. The number of carbonyl (C=O) groups excluding carboxylic acids is 1. The maximum absolute atomic E-state index is 12.5. The summed E-state index contributed by atoms with van der Waals surface area (Å²) in [6.45, 7) is 0. The van der Waals surface area contributed by atoms with Crippen molar-refractivity contribution in [3.05, 3.63) is 58.9 Å². The summed E-state index contributed by atoms with van der Waals surface area (Å²) in [6, 6.07) is 7.23. The first-order valence-electron chi connectivity index (χ1n) is 5.46. The average molecular weight is 301 g/mol. The summed E-state index contributed by atoms with van der Waals surface area (Å²) in [6.07, 6.45) is -3.21. The maximum atomic E-state index is 12.5. The van der Waals surface area contributed by atoms with Crippen LogP contribution in [0, 0.1) is 0 Å². The third-order valence-electron chi connectivity index (χ3n) is 2.44. The second-order valence-corrected chi connectivity index (χ2v) is 4.29. The van der Waals surface area contributed by atoms with E-state index in [9.17, 15) is 18.0 Å². The Balaban J connectivity index is 2.18. The zero-order chi connectivity index (χ0) is 14.8. The van der Waals surface area contributed by atoms with E-state index >= 15 is 0 Å². The average Bonchev–Trinajstić information content (AvgIpc) is 2.38. The van der Waals surface area contributed by atoms with E-state index in [1.54, 1.807) is 0 Å². The molecular weight excluding hydrogens is 293 g/mol. The molecule has 20 heavy (non-hydrogen) atoms. The molecule has 0 aliphatic rings. The van der Waals surface area contributed by atoms with Crippen LogP contribution >= 0.6 is 11.6 Å². The molecule has 0 aliphatic heterocycles. The predicted octanol–water partition coefficient (Wildman–Crippen LogP) is 4.01. The number of benzene rings is 1. The minimum Gasteiger partial charge on any atom is -0.322 e. The summed E-state index contributed by atoms with van der Waals surface area (Å²) in [7, 11) is 0. The van der Waals surface area contributed by atoms with Crippen LogP contribution in [0.5, 0.6) is 0 Å². The van der Waals surface area contributed by atoms with Crippen LogP contribution in [0.15, 0.2) is 42.6 Å². The molecule has 0 bridgehead atoms. The monoisotopic (exact) mass is 300 g/mol. The molecule has 1 aromatic carbocycles. The Bertz CT molecular complexity index is 626. The van der Waals surface area contributed by atoms with Crippen molar-refractivity contribution in [2.75, 3.05) is 5.32 Å². The highest BCUT2D eigenvalue weighted by Crippen LogP contribution is 2.30. The summed E-state index contributed by atoms with van der Waals surface area (Å²) >= 11 is 5.58. The first-order chi connectivity index (χ1) is 9.36. The normalized spacial score (nSPS) is 11.2. The molecule has 3 nitrogen and oxygen atoms in total. The lowest BCUT2D eigenvalue weighted by atomic mass is 10.2. The van der Waals surface area contributed by atoms with Crippen molar-refractivity contribution in [3.63, 3.8) is 0 Å². The molecule has 2 rings (SSSR count). The summed E-state index contributed by atoms with van der Waals surface area (Å²) in [5, 5.41) is 2.59. The van der Waals surface area contributed by atoms with E-state index in [0.29, 0.717) is 0 Å². The number of amides is 1. The molecule has 0 atom stereocenters. The Kier molecular flexibility index (Phi) is 3.94. The van der Waals surface area contributed by atoms with Crippen LogP contribution in [0.1, 0.15) is 15.9 Å². The van der Waals surface area contributed by atoms with Crippen LogP contribution in [0.3, 0.4) is 0 Å². The Labute approximate surface area is 117 Å². The molecule has 0 aliphatic carbocycles. The van der Waals surface area contributed by atoms with Gasteiger partial charge in [-0.15, -0.1) is 0 Å². The van der Waals surface area contributed by atoms with Crippen LogP contribution in [0.25, 0.3) is 0 Å². The number of pyridine rings is 1. The lowest BCUT2D eigenvalue weighted by molar-refractivity contribution is -0.137. The topological polar surface area (TPSA) is 42.0 Å². The zero-order valence-corrected chi connectivity index (χ0v) is 10.7. The van der Waals surface area contributed by atoms with Crippen LogP contribution in [-0.2, 0) is 6.18 Å². The van der Waals surface area contributed by atoms with Crippen molar-refractivity contribution in [1.82, 2.24) is 4.98 Å². The summed E-state index contributed by atoms with van der Waals surface area (Å²) in [5.74, 6) is -0.562. The van der Waals surface area contributed by atoms with Crippen molar-refractivity contribution in [3.8, 4) is 0 Å². The Morgan fingerprint density at radius 2 is 1.95 bits per heavy atom. The number of anilines is 1. The first kappa shape index (κ1) is 14.3. The quantitative estimate of drug-likeness (QED) is 0.852.